The summed E-state index contributed by atoms with van der Waals surface area (Å²) in [5.74, 6) is 0.457. The maximum absolute atomic E-state index is 10.7. The van der Waals surface area contributed by atoms with Gasteiger partial charge in [-0.25, -0.2) is 0 Å². The van der Waals surface area contributed by atoms with Crippen molar-refractivity contribution in [2.45, 2.75) is 12.5 Å². The molecule has 4 bridgehead atoms. The molecule has 0 unspecified atom stereocenters. The Labute approximate surface area is 64.0 Å². The highest BCUT2D eigenvalue weighted by Crippen LogP contribution is 2.73. The van der Waals surface area contributed by atoms with Crippen LogP contribution in [0, 0.1) is 29.6 Å². The molecule has 0 saturated heterocycles. The van der Waals surface area contributed by atoms with Crippen molar-refractivity contribution in [1.82, 2.24) is 0 Å². The van der Waals surface area contributed by atoms with Crippen molar-refractivity contribution >= 4 is 5.97 Å². The van der Waals surface area contributed by atoms with Crippen molar-refractivity contribution in [2.75, 3.05) is 0 Å². The molecule has 3 nitrogen and oxygen atoms in total. The standard InChI is InChI=1S/C8H10O3/c9-7-3-1-2-4(5(2)7)6(3)8(10)11/h2-7,9H,1H2,(H,10,11)/t2-,3-,4+,5-,6+,7+/m0/s1. The van der Waals surface area contributed by atoms with E-state index >= 15 is 0 Å². The molecule has 4 rings (SSSR count). The molecule has 11 heavy (non-hydrogen) atoms. The zero-order chi connectivity index (χ0) is 7.75. The van der Waals surface area contributed by atoms with E-state index in [-0.39, 0.29) is 17.9 Å². The van der Waals surface area contributed by atoms with Gasteiger partial charge in [-0.2, -0.15) is 0 Å². The van der Waals surface area contributed by atoms with E-state index in [1.807, 2.05) is 0 Å². The summed E-state index contributed by atoms with van der Waals surface area (Å²) < 4.78 is 0. The van der Waals surface area contributed by atoms with Crippen molar-refractivity contribution in [2.24, 2.45) is 29.6 Å². The number of carboxylic acid groups (broad SMARTS) is 1. The molecule has 0 radical (unpaired) electrons. The van der Waals surface area contributed by atoms with Gasteiger partial charge >= 0.3 is 5.97 Å². The van der Waals surface area contributed by atoms with Crippen LogP contribution in [0.2, 0.25) is 0 Å². The number of aliphatic carboxylic acids is 1. The number of rotatable bonds is 1. The monoisotopic (exact) mass is 154 g/mol. The predicted molar refractivity (Wildman–Crippen MR) is 35.7 cm³/mol. The number of carbonyl (C=O) groups is 1. The number of hydrogen-bond acceptors (Lipinski definition) is 2. The average Bonchev–Trinajstić information content (AvgIpc) is 2.33. The molecular weight excluding hydrogens is 144 g/mol. The molecule has 0 aromatic carbocycles. The molecular formula is C8H10O3. The molecule has 6 atom stereocenters. The van der Waals surface area contributed by atoms with Crippen molar-refractivity contribution in [3.05, 3.63) is 0 Å². The van der Waals surface area contributed by atoms with E-state index < -0.39 is 5.97 Å². The lowest BCUT2D eigenvalue weighted by Gasteiger charge is -2.11. The molecule has 60 valence electrons. The highest BCUT2D eigenvalue weighted by Gasteiger charge is 2.75. The topological polar surface area (TPSA) is 57.5 Å². The molecule has 4 aliphatic carbocycles. The molecule has 4 saturated carbocycles. The Morgan fingerprint density at radius 3 is 2.18 bits per heavy atom. The van der Waals surface area contributed by atoms with Gasteiger partial charge in [-0.1, -0.05) is 0 Å². The van der Waals surface area contributed by atoms with E-state index in [1.165, 1.54) is 0 Å². The minimum Gasteiger partial charge on any atom is -0.481 e. The normalized spacial score (nSPS) is 63.4. The summed E-state index contributed by atoms with van der Waals surface area (Å²) in [6, 6.07) is 0. The van der Waals surface area contributed by atoms with Crippen LogP contribution in [0.1, 0.15) is 6.42 Å². The first-order chi connectivity index (χ1) is 5.22. The van der Waals surface area contributed by atoms with Crippen molar-refractivity contribution in [1.29, 1.82) is 0 Å². The highest BCUT2D eigenvalue weighted by atomic mass is 16.4. The molecule has 0 aliphatic heterocycles. The highest BCUT2D eigenvalue weighted by molar-refractivity contribution is 5.73. The Morgan fingerprint density at radius 1 is 1.27 bits per heavy atom. The molecule has 0 spiro atoms. The second-order valence-electron chi connectivity index (χ2n) is 4.07. The van der Waals surface area contributed by atoms with E-state index in [0.717, 1.165) is 6.42 Å². The van der Waals surface area contributed by atoms with E-state index in [4.69, 9.17) is 5.11 Å². The minimum atomic E-state index is -0.693. The smallest absolute Gasteiger partial charge is 0.307 e. The lowest BCUT2D eigenvalue weighted by molar-refractivity contribution is -0.143. The lowest BCUT2D eigenvalue weighted by Crippen LogP contribution is -2.22. The number of aliphatic hydroxyl groups excluding tert-OH is 1. The fourth-order valence-corrected chi connectivity index (χ4v) is 3.46. The molecule has 2 N–H and O–H groups in total. The predicted octanol–water partition coefficient (Wildman–Crippen LogP) is -0.0562. The van der Waals surface area contributed by atoms with Gasteiger partial charge in [0.1, 0.15) is 0 Å². The van der Waals surface area contributed by atoms with E-state index in [1.54, 1.807) is 0 Å². The summed E-state index contributed by atoms with van der Waals surface area (Å²) in [5.41, 5.74) is 0. The first-order valence-electron chi connectivity index (χ1n) is 4.12. The van der Waals surface area contributed by atoms with Crippen LogP contribution in [-0.2, 0) is 4.79 Å². The van der Waals surface area contributed by atoms with Crippen molar-refractivity contribution < 1.29 is 15.0 Å². The van der Waals surface area contributed by atoms with E-state index in [0.29, 0.717) is 17.8 Å². The number of hydrogen-bond donors (Lipinski definition) is 2. The van der Waals surface area contributed by atoms with Crippen LogP contribution in [0.15, 0.2) is 0 Å². The summed E-state index contributed by atoms with van der Waals surface area (Å²) >= 11 is 0. The Bertz CT molecular complexity index is 237. The Morgan fingerprint density at radius 2 is 2.00 bits per heavy atom. The van der Waals surface area contributed by atoms with Crippen LogP contribution in [0.25, 0.3) is 0 Å². The largest absolute Gasteiger partial charge is 0.481 e. The van der Waals surface area contributed by atoms with Crippen molar-refractivity contribution in [3.8, 4) is 0 Å². The quantitative estimate of drug-likeness (QED) is 0.556. The first-order valence-corrected chi connectivity index (χ1v) is 4.12. The van der Waals surface area contributed by atoms with Crippen LogP contribution in [0.5, 0.6) is 0 Å². The van der Waals surface area contributed by atoms with Gasteiger partial charge in [0.15, 0.2) is 0 Å². The molecule has 4 fully saturated rings. The van der Waals surface area contributed by atoms with Crippen LogP contribution in [-0.4, -0.2) is 22.3 Å². The summed E-state index contributed by atoms with van der Waals surface area (Å²) in [5, 5.41) is 18.3. The van der Waals surface area contributed by atoms with Crippen LogP contribution < -0.4 is 0 Å². The zero-order valence-electron chi connectivity index (χ0n) is 5.97. The van der Waals surface area contributed by atoms with Gasteiger partial charge in [0.25, 0.3) is 0 Å². The molecule has 0 aromatic heterocycles. The Kier molecular flexibility index (Phi) is 0.796. The van der Waals surface area contributed by atoms with Crippen LogP contribution in [0.3, 0.4) is 0 Å². The van der Waals surface area contributed by atoms with Crippen molar-refractivity contribution in [3.63, 3.8) is 0 Å². The van der Waals surface area contributed by atoms with Gasteiger partial charge in [0, 0.05) is 0 Å². The fraction of sp³-hybridized carbons (Fsp3) is 0.875. The van der Waals surface area contributed by atoms with Crippen LogP contribution in [0.4, 0.5) is 0 Å². The summed E-state index contributed by atoms with van der Waals surface area (Å²) in [4.78, 5) is 10.7. The van der Waals surface area contributed by atoms with Crippen LogP contribution >= 0.6 is 0 Å². The second kappa shape index (κ2) is 1.46. The zero-order valence-corrected chi connectivity index (χ0v) is 5.97. The lowest BCUT2D eigenvalue weighted by atomic mass is 9.97. The minimum absolute atomic E-state index is 0.0903. The van der Waals surface area contributed by atoms with Gasteiger partial charge in [0.2, 0.25) is 0 Å². The van der Waals surface area contributed by atoms with Gasteiger partial charge < -0.3 is 10.2 Å². The molecule has 0 amide bonds. The Balaban J connectivity index is 1.97. The maximum atomic E-state index is 10.7. The fourth-order valence-electron chi connectivity index (χ4n) is 3.46. The summed E-state index contributed by atoms with van der Waals surface area (Å²) in [7, 11) is 0. The third-order valence-corrected chi connectivity index (χ3v) is 3.83. The van der Waals surface area contributed by atoms with Gasteiger partial charge in [-0.05, 0) is 30.1 Å². The SMILES string of the molecule is O=C(O)[C@@H]1[C@@H]2C[C@@H]3[C@H]([C@@H]2O)[C@@H]31. The maximum Gasteiger partial charge on any atom is 0.307 e. The third-order valence-electron chi connectivity index (χ3n) is 3.83. The van der Waals surface area contributed by atoms with Gasteiger partial charge in [0.05, 0.1) is 12.0 Å². The first kappa shape index (κ1) is 6.00. The molecule has 3 heteroatoms. The Hall–Kier alpha value is -0.570. The summed E-state index contributed by atoms with van der Waals surface area (Å²) in [6.07, 6.45) is 0.680. The van der Waals surface area contributed by atoms with E-state index in [2.05, 4.69) is 0 Å². The summed E-state index contributed by atoms with van der Waals surface area (Å²) in [6.45, 7) is 0. The second-order valence-corrected chi connectivity index (χ2v) is 4.07. The number of aliphatic hydroxyl groups is 1. The molecule has 0 aromatic rings. The molecule has 0 heterocycles. The average molecular weight is 154 g/mol. The van der Waals surface area contributed by atoms with E-state index in [9.17, 15) is 9.90 Å². The molecule has 4 aliphatic rings. The third kappa shape index (κ3) is 0.466. The van der Waals surface area contributed by atoms with Gasteiger partial charge in [-0.15, -0.1) is 0 Å². The van der Waals surface area contributed by atoms with Gasteiger partial charge in [-0.3, -0.25) is 4.79 Å². The number of carboxylic acids is 1.